The van der Waals surface area contributed by atoms with Crippen LogP contribution in [0.2, 0.25) is 0 Å². The number of guanidine groups is 1. The van der Waals surface area contributed by atoms with Crippen LogP contribution < -0.4 is 11.1 Å². The van der Waals surface area contributed by atoms with Crippen molar-refractivity contribution >= 4 is 35.6 Å². The van der Waals surface area contributed by atoms with E-state index in [4.69, 9.17) is 5.73 Å². The number of nitrogens with two attached hydrogens (primary N) is 1. The molecule has 1 aliphatic carbocycles. The second-order valence-electron chi connectivity index (χ2n) is 5.18. The fourth-order valence-corrected chi connectivity index (χ4v) is 2.54. The van der Waals surface area contributed by atoms with Gasteiger partial charge in [-0.3, -0.25) is 5.10 Å². The van der Waals surface area contributed by atoms with E-state index in [-0.39, 0.29) is 24.0 Å². The number of nitrogens with one attached hydrogen (secondary N) is 2. The van der Waals surface area contributed by atoms with Gasteiger partial charge in [-0.2, -0.15) is 5.10 Å². The van der Waals surface area contributed by atoms with E-state index < -0.39 is 0 Å². The van der Waals surface area contributed by atoms with Gasteiger partial charge in [0.2, 0.25) is 0 Å². The highest BCUT2D eigenvalue weighted by atomic mass is 127. The molecule has 5 nitrogen and oxygen atoms in total. The molecule has 0 bridgehead atoms. The van der Waals surface area contributed by atoms with E-state index in [2.05, 4.69) is 38.7 Å². The summed E-state index contributed by atoms with van der Waals surface area (Å²) >= 11 is 0. The zero-order chi connectivity index (χ0) is 13.9. The molecule has 0 atom stereocenters. The lowest BCUT2D eigenvalue weighted by atomic mass is 10.1. The highest BCUT2D eigenvalue weighted by Gasteiger charge is 2.10. The van der Waals surface area contributed by atoms with E-state index in [1.54, 1.807) is 6.20 Å². The van der Waals surface area contributed by atoms with E-state index in [0.717, 1.165) is 23.4 Å². The van der Waals surface area contributed by atoms with Gasteiger partial charge in [0.1, 0.15) is 0 Å². The Hall–Kier alpha value is -1.57. The minimum atomic E-state index is 0. The van der Waals surface area contributed by atoms with Crippen LogP contribution in [0.1, 0.15) is 28.8 Å². The van der Waals surface area contributed by atoms with Crippen LogP contribution in [-0.2, 0) is 19.4 Å². The summed E-state index contributed by atoms with van der Waals surface area (Å²) in [7, 11) is 0. The van der Waals surface area contributed by atoms with Gasteiger partial charge in [-0.05, 0) is 49.4 Å². The second kappa shape index (κ2) is 6.93. The Bertz CT molecular complexity index is 647. The van der Waals surface area contributed by atoms with Crippen LogP contribution in [0, 0.1) is 6.92 Å². The number of hydrogen-bond acceptors (Lipinski definition) is 2. The molecule has 21 heavy (non-hydrogen) atoms. The molecule has 0 aliphatic heterocycles. The van der Waals surface area contributed by atoms with Gasteiger partial charge < -0.3 is 11.1 Å². The van der Waals surface area contributed by atoms with Gasteiger partial charge in [0, 0.05) is 16.9 Å². The first-order chi connectivity index (χ1) is 9.72. The third-order valence-corrected chi connectivity index (χ3v) is 3.72. The van der Waals surface area contributed by atoms with Crippen LogP contribution in [0.15, 0.2) is 29.4 Å². The van der Waals surface area contributed by atoms with Crippen molar-refractivity contribution in [3.63, 3.8) is 0 Å². The summed E-state index contributed by atoms with van der Waals surface area (Å²) in [6.45, 7) is 2.51. The minimum Gasteiger partial charge on any atom is -0.370 e. The topological polar surface area (TPSA) is 79.1 Å². The zero-order valence-corrected chi connectivity index (χ0v) is 14.3. The third-order valence-electron chi connectivity index (χ3n) is 3.72. The molecule has 0 saturated heterocycles. The monoisotopic (exact) mass is 397 g/mol. The molecule has 0 saturated carbocycles. The minimum absolute atomic E-state index is 0. The van der Waals surface area contributed by atoms with Crippen molar-refractivity contribution in [3.05, 3.63) is 46.8 Å². The van der Waals surface area contributed by atoms with Crippen LogP contribution >= 0.6 is 24.0 Å². The number of rotatable bonds is 3. The van der Waals surface area contributed by atoms with E-state index >= 15 is 0 Å². The number of nitrogens with zero attached hydrogens (tertiary/aromatic N) is 2. The molecule has 1 aromatic heterocycles. The average Bonchev–Trinajstić information content (AvgIpc) is 3.04. The zero-order valence-electron chi connectivity index (χ0n) is 12.0. The molecular weight excluding hydrogens is 377 g/mol. The first-order valence-electron chi connectivity index (χ1n) is 6.90. The molecule has 3 rings (SSSR count). The standard InChI is InChI=1S/C15H19N5.HI/c1-10-13(9-18-20-10)8-17-15(16)19-14-6-5-11-3-2-4-12(11)7-14;/h5-7,9H,2-4,8H2,1H3,(H,18,20)(H3,16,17,19);1H. The smallest absolute Gasteiger partial charge is 0.193 e. The molecule has 112 valence electrons. The Morgan fingerprint density at radius 2 is 2.19 bits per heavy atom. The molecule has 6 heteroatoms. The van der Waals surface area contributed by atoms with Crippen LogP contribution in [0.25, 0.3) is 0 Å². The fourth-order valence-electron chi connectivity index (χ4n) is 2.54. The summed E-state index contributed by atoms with van der Waals surface area (Å²) in [6, 6.07) is 6.42. The summed E-state index contributed by atoms with van der Waals surface area (Å²) in [5, 5.41) is 10.0. The summed E-state index contributed by atoms with van der Waals surface area (Å²) in [6.07, 6.45) is 5.39. The fraction of sp³-hybridized carbons (Fsp3) is 0.333. The highest BCUT2D eigenvalue weighted by Crippen LogP contribution is 2.24. The molecule has 1 heterocycles. The molecular formula is C15H20IN5. The predicted octanol–water partition coefficient (Wildman–Crippen LogP) is 2.75. The Labute approximate surface area is 141 Å². The number of halogens is 1. The number of benzene rings is 1. The lowest BCUT2D eigenvalue weighted by molar-refractivity contribution is 0.912. The van der Waals surface area contributed by atoms with Crippen LogP contribution in [-0.4, -0.2) is 16.2 Å². The molecule has 0 radical (unpaired) electrons. The summed E-state index contributed by atoms with van der Waals surface area (Å²) in [4.78, 5) is 4.34. The lowest BCUT2D eigenvalue weighted by Crippen LogP contribution is -2.22. The first kappa shape index (κ1) is 15.8. The molecule has 2 aromatic rings. The van der Waals surface area contributed by atoms with Crippen molar-refractivity contribution in [2.24, 2.45) is 10.7 Å². The molecule has 0 spiro atoms. The number of aromatic nitrogens is 2. The van der Waals surface area contributed by atoms with Gasteiger partial charge in [0.15, 0.2) is 5.96 Å². The Kier molecular flexibility index (Phi) is 5.22. The van der Waals surface area contributed by atoms with Gasteiger partial charge in [0.25, 0.3) is 0 Å². The van der Waals surface area contributed by atoms with Crippen molar-refractivity contribution in [2.75, 3.05) is 5.32 Å². The van der Waals surface area contributed by atoms with E-state index in [1.807, 2.05) is 6.92 Å². The van der Waals surface area contributed by atoms with Crippen LogP contribution in [0.5, 0.6) is 0 Å². The summed E-state index contributed by atoms with van der Waals surface area (Å²) in [5.41, 5.74) is 11.9. The maximum Gasteiger partial charge on any atom is 0.193 e. The van der Waals surface area contributed by atoms with Gasteiger partial charge in [-0.15, -0.1) is 24.0 Å². The maximum atomic E-state index is 5.93. The Morgan fingerprint density at radius 1 is 1.38 bits per heavy atom. The number of aliphatic imine (C=N–C) groups is 1. The quantitative estimate of drug-likeness (QED) is 0.424. The summed E-state index contributed by atoms with van der Waals surface area (Å²) < 4.78 is 0. The van der Waals surface area contributed by atoms with E-state index in [9.17, 15) is 0 Å². The van der Waals surface area contributed by atoms with Gasteiger partial charge in [0.05, 0.1) is 12.7 Å². The number of hydrogen-bond donors (Lipinski definition) is 3. The molecule has 1 aliphatic rings. The highest BCUT2D eigenvalue weighted by molar-refractivity contribution is 14.0. The van der Waals surface area contributed by atoms with Crippen molar-refractivity contribution in [3.8, 4) is 0 Å². The SMILES string of the molecule is Cc1[nH]ncc1CN=C(N)Nc1ccc2c(c1)CCC2.I. The molecule has 1 aromatic carbocycles. The number of H-pyrrole nitrogens is 1. The number of fused-ring (bicyclic) bond motifs is 1. The van der Waals surface area contributed by atoms with Crippen molar-refractivity contribution in [1.82, 2.24) is 10.2 Å². The van der Waals surface area contributed by atoms with Crippen molar-refractivity contribution in [1.29, 1.82) is 0 Å². The largest absolute Gasteiger partial charge is 0.370 e. The third kappa shape index (κ3) is 3.75. The van der Waals surface area contributed by atoms with Crippen molar-refractivity contribution in [2.45, 2.75) is 32.7 Å². The number of aromatic amines is 1. The van der Waals surface area contributed by atoms with Gasteiger partial charge in [-0.1, -0.05) is 6.07 Å². The van der Waals surface area contributed by atoms with E-state index in [1.165, 1.54) is 24.0 Å². The maximum absolute atomic E-state index is 5.93. The Balaban J connectivity index is 0.00000161. The molecule has 0 fully saturated rings. The van der Waals surface area contributed by atoms with Crippen LogP contribution in [0.3, 0.4) is 0 Å². The predicted molar refractivity (Wildman–Crippen MR) is 96.2 cm³/mol. The van der Waals surface area contributed by atoms with Crippen LogP contribution in [0.4, 0.5) is 5.69 Å². The van der Waals surface area contributed by atoms with Gasteiger partial charge in [-0.25, -0.2) is 4.99 Å². The Morgan fingerprint density at radius 3 is 2.95 bits per heavy atom. The second-order valence-corrected chi connectivity index (χ2v) is 5.18. The molecule has 0 amide bonds. The number of anilines is 1. The van der Waals surface area contributed by atoms with Gasteiger partial charge >= 0.3 is 0 Å². The summed E-state index contributed by atoms with van der Waals surface area (Å²) in [5.74, 6) is 0.434. The first-order valence-corrected chi connectivity index (χ1v) is 6.90. The number of aryl methyl sites for hydroxylation is 3. The normalized spacial score (nSPS) is 13.7. The molecule has 0 unspecified atom stereocenters. The molecule has 4 N–H and O–H groups in total. The van der Waals surface area contributed by atoms with Crippen molar-refractivity contribution < 1.29 is 0 Å². The average molecular weight is 397 g/mol. The lowest BCUT2D eigenvalue weighted by Gasteiger charge is -2.07. The van der Waals surface area contributed by atoms with E-state index in [0.29, 0.717) is 12.5 Å².